The average Bonchev–Trinajstić information content (AvgIpc) is 3.46. The van der Waals surface area contributed by atoms with E-state index in [1.165, 1.54) is 18.3 Å². The van der Waals surface area contributed by atoms with Crippen LogP contribution in [0.15, 0.2) is 65.8 Å². The van der Waals surface area contributed by atoms with Gasteiger partial charge in [-0.15, -0.1) is 0 Å². The zero-order valence-corrected chi connectivity index (χ0v) is 16.5. The molecule has 8 heteroatoms. The molecule has 1 heterocycles. The number of para-hydroxylation sites is 1. The van der Waals surface area contributed by atoms with Crippen LogP contribution in [0.1, 0.15) is 17.5 Å². The van der Waals surface area contributed by atoms with Crippen LogP contribution in [-0.4, -0.2) is 28.0 Å². The third-order valence-electron chi connectivity index (χ3n) is 6.19. The number of hydrogen-bond acceptors (Lipinski definition) is 6. The molecule has 4 atom stereocenters. The Morgan fingerprint density at radius 1 is 1.06 bits per heavy atom. The molecule has 2 aliphatic carbocycles. The van der Waals surface area contributed by atoms with Crippen LogP contribution >= 0.6 is 0 Å². The van der Waals surface area contributed by atoms with E-state index in [0.29, 0.717) is 16.9 Å². The third kappa shape index (κ3) is 3.30. The van der Waals surface area contributed by atoms with Gasteiger partial charge in [0.15, 0.2) is 0 Å². The summed E-state index contributed by atoms with van der Waals surface area (Å²) in [5, 5.41) is 16.1. The van der Waals surface area contributed by atoms with Gasteiger partial charge >= 0.3 is 0 Å². The van der Waals surface area contributed by atoms with Gasteiger partial charge in [-0.25, -0.2) is 0 Å². The van der Waals surface area contributed by atoms with Crippen LogP contribution in [0.2, 0.25) is 0 Å². The molecule has 1 saturated carbocycles. The summed E-state index contributed by atoms with van der Waals surface area (Å²) in [6, 6.07) is 13.3. The van der Waals surface area contributed by atoms with Crippen molar-refractivity contribution in [1.29, 1.82) is 0 Å². The Balaban J connectivity index is 1.32. The zero-order valence-electron chi connectivity index (χ0n) is 16.5. The summed E-state index contributed by atoms with van der Waals surface area (Å²) in [5.74, 6) is -0.288. The Hall–Kier alpha value is -3.81. The molecule has 1 aliphatic heterocycles. The lowest BCUT2D eigenvalue weighted by Gasteiger charge is -2.13. The second-order valence-corrected chi connectivity index (χ2v) is 7.99. The van der Waals surface area contributed by atoms with Crippen molar-refractivity contribution in [1.82, 2.24) is 5.01 Å². The number of nitro groups is 1. The predicted octanol–water partition coefficient (Wildman–Crippen LogP) is 3.31. The highest BCUT2D eigenvalue weighted by molar-refractivity contribution is 6.06. The number of benzene rings is 2. The Labute approximate surface area is 178 Å². The van der Waals surface area contributed by atoms with Gasteiger partial charge in [0.2, 0.25) is 0 Å². The number of allylic oxidation sites excluding steroid dienone is 2. The lowest BCUT2D eigenvalue weighted by atomic mass is 9.85. The molecule has 2 aromatic carbocycles. The number of nitrogens with zero attached hydrogens (tertiary/aromatic N) is 3. The van der Waals surface area contributed by atoms with Gasteiger partial charge < -0.3 is 4.74 Å². The summed E-state index contributed by atoms with van der Waals surface area (Å²) in [7, 11) is 0. The van der Waals surface area contributed by atoms with Crippen LogP contribution < -0.4 is 4.74 Å². The van der Waals surface area contributed by atoms with Gasteiger partial charge in [-0.2, -0.15) is 10.1 Å². The maximum atomic E-state index is 12.8. The van der Waals surface area contributed by atoms with Crippen LogP contribution in [0, 0.1) is 33.8 Å². The Morgan fingerprint density at radius 3 is 2.48 bits per heavy atom. The third-order valence-corrected chi connectivity index (χ3v) is 6.19. The van der Waals surface area contributed by atoms with Crippen molar-refractivity contribution in [3.63, 3.8) is 0 Å². The molecule has 1 saturated heterocycles. The van der Waals surface area contributed by atoms with E-state index < -0.39 is 4.92 Å². The fraction of sp³-hybridized carbons (Fsp3) is 0.261. The summed E-state index contributed by atoms with van der Waals surface area (Å²) in [4.78, 5) is 36.0. The number of carbonyl (C=O) groups is 2. The highest BCUT2D eigenvalue weighted by Crippen LogP contribution is 2.52. The first-order chi connectivity index (χ1) is 15.0. The Bertz CT molecular complexity index is 1110. The smallest absolute Gasteiger partial charge is 0.269 e. The first-order valence-corrected chi connectivity index (χ1v) is 10.1. The maximum absolute atomic E-state index is 12.8. The van der Waals surface area contributed by atoms with Crippen LogP contribution in [-0.2, 0) is 16.2 Å². The molecule has 4 unspecified atom stereocenters. The Kier molecular flexibility index (Phi) is 4.62. The van der Waals surface area contributed by atoms with Crippen LogP contribution in [0.5, 0.6) is 5.75 Å². The predicted molar refractivity (Wildman–Crippen MR) is 111 cm³/mol. The van der Waals surface area contributed by atoms with Gasteiger partial charge in [-0.3, -0.25) is 19.7 Å². The topological polar surface area (TPSA) is 102 Å². The number of amides is 2. The normalized spacial score (nSPS) is 26.1. The summed E-state index contributed by atoms with van der Waals surface area (Å²) in [5.41, 5.74) is 1.25. The van der Waals surface area contributed by atoms with Gasteiger partial charge in [0.25, 0.3) is 17.5 Å². The van der Waals surface area contributed by atoms with E-state index in [4.69, 9.17) is 4.74 Å². The molecular weight excluding hydrogens is 398 g/mol. The van der Waals surface area contributed by atoms with Gasteiger partial charge in [0.1, 0.15) is 12.4 Å². The number of nitro benzene ring substituents is 1. The van der Waals surface area contributed by atoms with E-state index in [9.17, 15) is 19.7 Å². The van der Waals surface area contributed by atoms with Crippen molar-refractivity contribution < 1.29 is 19.2 Å². The van der Waals surface area contributed by atoms with E-state index >= 15 is 0 Å². The van der Waals surface area contributed by atoms with Crippen molar-refractivity contribution in [2.45, 2.75) is 13.0 Å². The standard InChI is InChI=1S/C23H19N3O5/c27-22-20-15-8-9-16(11-15)21(20)23(28)25(22)24-12-17-5-1-2-7-19(17)31-13-14-4-3-6-18(10-14)26(29)30/h1-10,12,15-16,20-21H,11,13H2. The lowest BCUT2D eigenvalue weighted by molar-refractivity contribution is -0.384. The summed E-state index contributed by atoms with van der Waals surface area (Å²) >= 11 is 0. The number of fused-ring (bicyclic) bond motifs is 5. The summed E-state index contributed by atoms with van der Waals surface area (Å²) < 4.78 is 5.83. The second kappa shape index (κ2) is 7.46. The minimum atomic E-state index is -0.453. The first-order valence-electron chi connectivity index (χ1n) is 10.1. The molecule has 156 valence electrons. The average molecular weight is 417 g/mol. The van der Waals surface area contributed by atoms with Crippen molar-refractivity contribution in [3.8, 4) is 5.75 Å². The number of hydrazone groups is 1. The van der Waals surface area contributed by atoms with Crippen molar-refractivity contribution in [2.24, 2.45) is 28.8 Å². The monoisotopic (exact) mass is 417 g/mol. The van der Waals surface area contributed by atoms with Crippen molar-refractivity contribution in [3.05, 3.63) is 81.9 Å². The molecule has 0 aromatic heterocycles. The van der Waals surface area contributed by atoms with Gasteiger partial charge in [0, 0.05) is 17.7 Å². The molecule has 0 N–H and O–H groups in total. The highest BCUT2D eigenvalue weighted by Gasteiger charge is 2.59. The molecular formula is C23H19N3O5. The summed E-state index contributed by atoms with van der Waals surface area (Å²) in [6.45, 7) is 0.132. The molecule has 8 nitrogen and oxygen atoms in total. The number of hydrogen-bond donors (Lipinski definition) is 0. The maximum Gasteiger partial charge on any atom is 0.269 e. The lowest BCUT2D eigenvalue weighted by Crippen LogP contribution is -2.28. The molecule has 2 fully saturated rings. The van der Waals surface area contributed by atoms with Crippen molar-refractivity contribution >= 4 is 23.7 Å². The Morgan fingerprint density at radius 2 is 1.77 bits per heavy atom. The molecule has 2 aromatic rings. The largest absolute Gasteiger partial charge is 0.488 e. The quantitative estimate of drug-likeness (QED) is 0.236. The van der Waals surface area contributed by atoms with Crippen LogP contribution in [0.3, 0.4) is 0 Å². The number of ether oxygens (including phenoxy) is 1. The fourth-order valence-corrected chi connectivity index (χ4v) is 4.76. The summed E-state index contributed by atoms with van der Waals surface area (Å²) in [6.07, 6.45) is 6.41. The van der Waals surface area contributed by atoms with E-state index in [2.05, 4.69) is 5.10 Å². The number of carbonyl (C=O) groups excluding carboxylic acids is 2. The molecule has 31 heavy (non-hydrogen) atoms. The zero-order chi connectivity index (χ0) is 21.5. The number of non-ortho nitro benzene ring substituents is 1. The second-order valence-electron chi connectivity index (χ2n) is 7.99. The van der Waals surface area contributed by atoms with Gasteiger partial charge in [-0.1, -0.05) is 36.4 Å². The van der Waals surface area contributed by atoms with E-state index in [0.717, 1.165) is 11.4 Å². The first kappa shape index (κ1) is 19.2. The van der Waals surface area contributed by atoms with Crippen LogP contribution in [0.25, 0.3) is 0 Å². The molecule has 2 amide bonds. The molecule has 5 rings (SSSR count). The van der Waals surface area contributed by atoms with E-state index in [1.54, 1.807) is 36.4 Å². The minimum Gasteiger partial charge on any atom is -0.488 e. The SMILES string of the molecule is O=C1C2C3C=CC(C3)C2C(=O)N1N=Cc1ccccc1OCc1cccc([N+](=O)[O-])c1. The fourth-order valence-electron chi connectivity index (χ4n) is 4.76. The van der Waals surface area contributed by atoms with Crippen molar-refractivity contribution in [2.75, 3.05) is 0 Å². The minimum absolute atomic E-state index is 0.00369. The van der Waals surface area contributed by atoms with Crippen LogP contribution in [0.4, 0.5) is 5.69 Å². The highest BCUT2D eigenvalue weighted by atomic mass is 16.6. The van der Waals surface area contributed by atoms with E-state index in [1.807, 2.05) is 12.2 Å². The molecule has 2 bridgehead atoms. The number of rotatable bonds is 6. The van der Waals surface area contributed by atoms with Gasteiger partial charge in [-0.05, 0) is 36.0 Å². The van der Waals surface area contributed by atoms with Gasteiger partial charge in [0.05, 0.1) is 23.0 Å². The number of imide groups is 1. The van der Waals surface area contributed by atoms with E-state index in [-0.39, 0.29) is 47.8 Å². The molecule has 0 spiro atoms. The molecule has 3 aliphatic rings. The molecule has 0 radical (unpaired) electrons.